The van der Waals surface area contributed by atoms with E-state index in [1.807, 2.05) is 0 Å². The summed E-state index contributed by atoms with van der Waals surface area (Å²) < 4.78 is 2.11. The van der Waals surface area contributed by atoms with E-state index >= 15 is 0 Å². The van der Waals surface area contributed by atoms with Crippen LogP contribution in [-0.2, 0) is 6.42 Å². The number of nitrogens with zero attached hydrogens (tertiary/aromatic N) is 2. The van der Waals surface area contributed by atoms with Crippen LogP contribution >= 0.6 is 0 Å². The van der Waals surface area contributed by atoms with Crippen LogP contribution < -0.4 is 5.32 Å². The highest BCUT2D eigenvalue weighted by atomic mass is 15.3. The molecular weight excluding hydrogens is 330 g/mol. The van der Waals surface area contributed by atoms with Gasteiger partial charge < -0.3 is 5.32 Å². The Kier molecular flexibility index (Phi) is 3.93. The molecular formula is C24H23N3. The zero-order chi connectivity index (χ0) is 18.2. The summed E-state index contributed by atoms with van der Waals surface area (Å²) in [6, 6.07) is 23.7. The van der Waals surface area contributed by atoms with Gasteiger partial charge in [-0.3, -0.25) is 0 Å². The lowest BCUT2D eigenvalue weighted by molar-refractivity contribution is 0.779. The van der Waals surface area contributed by atoms with Gasteiger partial charge in [0.05, 0.1) is 11.4 Å². The number of anilines is 1. The summed E-state index contributed by atoms with van der Waals surface area (Å²) in [5.74, 6) is 1.16. The Balaban J connectivity index is 1.73. The third-order valence-electron chi connectivity index (χ3n) is 5.50. The number of benzene rings is 3. The highest BCUT2D eigenvalue weighted by molar-refractivity contribution is 5.87. The van der Waals surface area contributed by atoms with E-state index in [0.29, 0.717) is 0 Å². The lowest BCUT2D eigenvalue weighted by Gasteiger charge is -2.11. The summed E-state index contributed by atoms with van der Waals surface area (Å²) in [5.41, 5.74) is 6.02. The van der Waals surface area contributed by atoms with E-state index in [0.717, 1.165) is 30.2 Å². The van der Waals surface area contributed by atoms with Gasteiger partial charge in [-0.25, -0.2) is 4.68 Å². The fourth-order valence-electron chi connectivity index (χ4n) is 4.05. The van der Waals surface area contributed by atoms with Crippen LogP contribution in [0.5, 0.6) is 0 Å². The number of aryl methyl sites for hydroxylation is 1. The molecule has 1 N–H and O–H groups in total. The minimum Gasteiger partial charge on any atom is -0.370 e. The summed E-state index contributed by atoms with van der Waals surface area (Å²) in [4.78, 5) is 0. The van der Waals surface area contributed by atoms with Crippen LogP contribution in [0.15, 0.2) is 66.7 Å². The van der Waals surface area contributed by atoms with E-state index in [1.54, 1.807) is 0 Å². The average molecular weight is 353 g/mol. The summed E-state index contributed by atoms with van der Waals surface area (Å²) in [5, 5.41) is 11.3. The number of fused-ring (bicyclic) bond motifs is 2. The van der Waals surface area contributed by atoms with Gasteiger partial charge in [-0.2, -0.15) is 5.10 Å². The van der Waals surface area contributed by atoms with Gasteiger partial charge in [0.15, 0.2) is 0 Å². The van der Waals surface area contributed by atoms with Crippen molar-refractivity contribution in [3.8, 4) is 16.9 Å². The Labute approximate surface area is 159 Å². The van der Waals surface area contributed by atoms with Crippen LogP contribution in [0.1, 0.15) is 24.0 Å². The normalized spacial score (nSPS) is 13.8. The Morgan fingerprint density at radius 1 is 0.889 bits per heavy atom. The van der Waals surface area contributed by atoms with Crippen molar-refractivity contribution in [3.05, 3.63) is 77.9 Å². The molecule has 0 saturated heterocycles. The third-order valence-corrected chi connectivity index (χ3v) is 5.50. The average Bonchev–Trinajstić information content (AvgIpc) is 2.89. The Morgan fingerprint density at radius 3 is 2.59 bits per heavy atom. The summed E-state index contributed by atoms with van der Waals surface area (Å²) in [7, 11) is 0. The highest BCUT2D eigenvalue weighted by Gasteiger charge is 2.22. The predicted octanol–water partition coefficient (Wildman–Crippen LogP) is 5.75. The molecule has 0 aliphatic carbocycles. The second kappa shape index (κ2) is 6.58. The largest absolute Gasteiger partial charge is 0.370 e. The van der Waals surface area contributed by atoms with Crippen molar-refractivity contribution in [3.63, 3.8) is 0 Å². The number of hydrogen-bond donors (Lipinski definition) is 1. The SMILES string of the molecule is Cc1ccccc1-n1nc(-c2ccc3ccccc3c2)c2c1NCCCC2. The van der Waals surface area contributed by atoms with Crippen LogP contribution in [0.2, 0.25) is 0 Å². The van der Waals surface area contributed by atoms with Gasteiger partial charge in [0, 0.05) is 17.7 Å². The van der Waals surface area contributed by atoms with E-state index in [4.69, 9.17) is 5.10 Å². The van der Waals surface area contributed by atoms with Crippen molar-refractivity contribution in [2.45, 2.75) is 26.2 Å². The molecule has 3 aromatic carbocycles. The van der Waals surface area contributed by atoms with Crippen molar-refractivity contribution in [1.82, 2.24) is 9.78 Å². The van der Waals surface area contributed by atoms with Crippen molar-refractivity contribution < 1.29 is 0 Å². The standard InChI is InChI=1S/C24H23N3/c1-17-8-2-5-12-22(17)27-24-21(11-6-7-15-25-24)23(26-27)20-14-13-18-9-3-4-10-19(18)16-20/h2-5,8-10,12-14,16,25H,6-7,11,15H2,1H3. The molecule has 0 spiro atoms. The second-order valence-electron chi connectivity index (χ2n) is 7.32. The minimum absolute atomic E-state index is 1.00. The monoisotopic (exact) mass is 353 g/mol. The predicted molar refractivity (Wildman–Crippen MR) is 113 cm³/mol. The Hall–Kier alpha value is -3.07. The first-order chi connectivity index (χ1) is 13.3. The Bertz CT molecular complexity index is 1120. The molecule has 3 nitrogen and oxygen atoms in total. The first-order valence-corrected chi connectivity index (χ1v) is 9.72. The van der Waals surface area contributed by atoms with Gasteiger partial charge in [0.1, 0.15) is 5.82 Å². The maximum Gasteiger partial charge on any atom is 0.133 e. The van der Waals surface area contributed by atoms with E-state index in [9.17, 15) is 0 Å². The lowest BCUT2D eigenvalue weighted by atomic mass is 10.0. The number of hydrogen-bond acceptors (Lipinski definition) is 2. The zero-order valence-corrected chi connectivity index (χ0v) is 15.6. The number of rotatable bonds is 2. The van der Waals surface area contributed by atoms with E-state index in [2.05, 4.69) is 83.7 Å². The lowest BCUT2D eigenvalue weighted by Crippen LogP contribution is -2.08. The molecule has 134 valence electrons. The van der Waals surface area contributed by atoms with Crippen molar-refractivity contribution in [1.29, 1.82) is 0 Å². The first-order valence-electron chi connectivity index (χ1n) is 9.72. The highest BCUT2D eigenvalue weighted by Crippen LogP contribution is 2.35. The number of para-hydroxylation sites is 1. The van der Waals surface area contributed by atoms with E-state index in [1.165, 1.54) is 40.3 Å². The smallest absolute Gasteiger partial charge is 0.133 e. The summed E-state index contributed by atoms with van der Waals surface area (Å²) >= 11 is 0. The van der Waals surface area contributed by atoms with E-state index < -0.39 is 0 Å². The molecule has 0 amide bonds. The van der Waals surface area contributed by atoms with Crippen molar-refractivity contribution in [2.24, 2.45) is 0 Å². The molecule has 5 rings (SSSR count). The molecule has 27 heavy (non-hydrogen) atoms. The molecule has 0 atom stereocenters. The second-order valence-corrected chi connectivity index (χ2v) is 7.32. The molecule has 0 unspecified atom stereocenters. The molecule has 1 aromatic heterocycles. The van der Waals surface area contributed by atoms with Gasteiger partial charge in [0.25, 0.3) is 0 Å². The molecule has 0 saturated carbocycles. The van der Waals surface area contributed by atoms with Gasteiger partial charge >= 0.3 is 0 Å². The third kappa shape index (κ3) is 2.80. The summed E-state index contributed by atoms with van der Waals surface area (Å²) in [6.45, 7) is 3.15. The molecule has 2 heterocycles. The fraction of sp³-hybridized carbons (Fsp3) is 0.208. The summed E-state index contributed by atoms with van der Waals surface area (Å²) in [6.07, 6.45) is 3.45. The van der Waals surface area contributed by atoms with Crippen LogP contribution in [0.4, 0.5) is 5.82 Å². The van der Waals surface area contributed by atoms with Gasteiger partial charge in [0.2, 0.25) is 0 Å². The molecule has 1 aliphatic heterocycles. The van der Waals surface area contributed by atoms with Crippen molar-refractivity contribution in [2.75, 3.05) is 11.9 Å². The molecule has 0 fully saturated rings. The van der Waals surface area contributed by atoms with Crippen LogP contribution in [0.25, 0.3) is 27.7 Å². The topological polar surface area (TPSA) is 29.9 Å². The maximum atomic E-state index is 5.10. The molecule has 4 aromatic rings. The van der Waals surface area contributed by atoms with Crippen LogP contribution in [0, 0.1) is 6.92 Å². The van der Waals surface area contributed by atoms with Gasteiger partial charge in [-0.1, -0.05) is 54.6 Å². The molecule has 3 heteroatoms. The molecule has 0 bridgehead atoms. The quantitative estimate of drug-likeness (QED) is 0.497. The van der Waals surface area contributed by atoms with Crippen LogP contribution in [-0.4, -0.2) is 16.3 Å². The van der Waals surface area contributed by atoms with Gasteiger partial charge in [-0.05, 0) is 54.7 Å². The Morgan fingerprint density at radius 2 is 1.70 bits per heavy atom. The minimum atomic E-state index is 1.00. The molecule has 0 radical (unpaired) electrons. The molecule has 1 aliphatic rings. The van der Waals surface area contributed by atoms with Crippen LogP contribution in [0.3, 0.4) is 0 Å². The van der Waals surface area contributed by atoms with E-state index in [-0.39, 0.29) is 0 Å². The number of nitrogens with one attached hydrogen (secondary N) is 1. The zero-order valence-electron chi connectivity index (χ0n) is 15.6. The van der Waals surface area contributed by atoms with Crippen molar-refractivity contribution >= 4 is 16.6 Å². The first kappa shape index (κ1) is 16.1. The maximum absolute atomic E-state index is 5.10. The number of aromatic nitrogens is 2. The fourth-order valence-corrected chi connectivity index (χ4v) is 4.05. The van der Waals surface area contributed by atoms with Gasteiger partial charge in [-0.15, -0.1) is 0 Å².